The first-order chi connectivity index (χ1) is 14.2. The number of aliphatic imine (C=N–C) groups is 1. The van der Waals surface area contributed by atoms with Crippen LogP contribution in [0.2, 0.25) is 0 Å². The highest BCUT2D eigenvalue weighted by atomic mass is 16.5. The maximum absolute atomic E-state index is 9.71. The molecule has 3 N–H and O–H groups in total. The maximum Gasteiger partial charge on any atom is 0.190 e. The van der Waals surface area contributed by atoms with Crippen molar-refractivity contribution in [3.8, 4) is 11.5 Å². The molecule has 1 aromatic heterocycles. The topological polar surface area (TPSA) is 94.9 Å². The number of nitrogens with one attached hydrogen (secondary N) is 2. The molecule has 0 saturated carbocycles. The van der Waals surface area contributed by atoms with Crippen LogP contribution in [0.4, 0.5) is 5.69 Å². The van der Waals surface area contributed by atoms with E-state index in [1.165, 1.54) is 7.11 Å². The molecule has 0 saturated heterocycles. The molecule has 4 aromatic rings. The number of rotatable bonds is 5. The largest absolute Gasteiger partial charge is 0.504 e. The van der Waals surface area contributed by atoms with Gasteiger partial charge in [0, 0.05) is 0 Å². The van der Waals surface area contributed by atoms with E-state index < -0.39 is 0 Å². The molecule has 0 radical (unpaired) electrons. The van der Waals surface area contributed by atoms with Gasteiger partial charge in [-0.2, -0.15) is 5.10 Å². The van der Waals surface area contributed by atoms with Crippen LogP contribution < -0.4 is 10.2 Å². The van der Waals surface area contributed by atoms with Crippen molar-refractivity contribution in [3.05, 3.63) is 84.2 Å². The summed E-state index contributed by atoms with van der Waals surface area (Å²) in [5, 5.41) is 14.0. The van der Waals surface area contributed by atoms with E-state index in [2.05, 4.69) is 25.5 Å². The molecule has 29 heavy (non-hydrogen) atoms. The van der Waals surface area contributed by atoms with E-state index in [1.54, 1.807) is 24.4 Å². The van der Waals surface area contributed by atoms with Crippen LogP contribution in [-0.4, -0.2) is 34.2 Å². The molecule has 0 bridgehead atoms. The Kier molecular flexibility index (Phi) is 5.20. The highest BCUT2D eigenvalue weighted by Crippen LogP contribution is 2.25. The first-order valence-electron chi connectivity index (χ1n) is 8.98. The van der Waals surface area contributed by atoms with Crippen LogP contribution in [0.5, 0.6) is 11.5 Å². The highest BCUT2D eigenvalue weighted by Gasteiger charge is 2.09. The number of aromatic nitrogens is 2. The van der Waals surface area contributed by atoms with Gasteiger partial charge < -0.3 is 14.8 Å². The van der Waals surface area contributed by atoms with E-state index in [0.717, 1.165) is 22.3 Å². The van der Waals surface area contributed by atoms with E-state index >= 15 is 0 Å². The molecule has 0 spiro atoms. The Balaban J connectivity index is 1.64. The van der Waals surface area contributed by atoms with Crippen LogP contribution in [0.25, 0.3) is 11.0 Å². The molecule has 0 aliphatic carbocycles. The molecule has 7 heteroatoms. The Hall–Kier alpha value is -4.13. The second-order valence-corrected chi connectivity index (χ2v) is 6.20. The van der Waals surface area contributed by atoms with Gasteiger partial charge in [-0.3, -0.25) is 5.43 Å². The van der Waals surface area contributed by atoms with Crippen LogP contribution in [-0.2, 0) is 0 Å². The molecular formula is C22H19N5O2. The smallest absolute Gasteiger partial charge is 0.190 e. The summed E-state index contributed by atoms with van der Waals surface area (Å²) < 4.78 is 5.12. The van der Waals surface area contributed by atoms with Crippen molar-refractivity contribution < 1.29 is 9.84 Å². The minimum Gasteiger partial charge on any atom is -0.504 e. The van der Waals surface area contributed by atoms with Crippen molar-refractivity contribution in [2.75, 3.05) is 7.11 Å². The number of hydrogen-bond donors (Lipinski definition) is 3. The lowest BCUT2D eigenvalue weighted by atomic mass is 10.2. The van der Waals surface area contributed by atoms with Crippen LogP contribution in [0.15, 0.2) is 82.9 Å². The van der Waals surface area contributed by atoms with Gasteiger partial charge in [-0.25, -0.2) is 9.98 Å². The zero-order valence-electron chi connectivity index (χ0n) is 15.7. The normalized spacial score (nSPS) is 11.8. The van der Waals surface area contributed by atoms with Gasteiger partial charge in [-0.15, -0.1) is 0 Å². The van der Waals surface area contributed by atoms with Gasteiger partial charge >= 0.3 is 0 Å². The van der Waals surface area contributed by atoms with Crippen molar-refractivity contribution in [2.45, 2.75) is 0 Å². The lowest BCUT2D eigenvalue weighted by Gasteiger charge is -2.05. The Morgan fingerprint density at radius 1 is 1.07 bits per heavy atom. The predicted molar refractivity (Wildman–Crippen MR) is 114 cm³/mol. The number of ether oxygens (including phenoxy) is 1. The Bertz CT molecular complexity index is 1150. The monoisotopic (exact) mass is 385 g/mol. The van der Waals surface area contributed by atoms with E-state index in [1.807, 2.05) is 54.6 Å². The molecule has 4 rings (SSSR count). The number of fused-ring (bicyclic) bond motifs is 1. The fourth-order valence-electron chi connectivity index (χ4n) is 2.77. The zero-order valence-corrected chi connectivity index (χ0v) is 15.7. The fraction of sp³-hybridized carbons (Fsp3) is 0.0455. The molecule has 3 aromatic carbocycles. The minimum atomic E-state index is 0.0752. The third kappa shape index (κ3) is 4.24. The molecule has 0 amide bonds. The summed E-state index contributed by atoms with van der Waals surface area (Å²) in [7, 11) is 1.50. The summed E-state index contributed by atoms with van der Waals surface area (Å²) in [4.78, 5) is 12.5. The number of H-pyrrole nitrogens is 1. The number of phenolic OH excluding ortho intramolecular Hbond substituents is 1. The molecule has 7 nitrogen and oxygen atoms in total. The quantitative estimate of drug-likeness (QED) is 0.275. The number of para-hydroxylation sites is 3. The van der Waals surface area contributed by atoms with Crippen LogP contribution in [0.3, 0.4) is 0 Å². The molecule has 0 fully saturated rings. The summed E-state index contributed by atoms with van der Waals surface area (Å²) in [5.74, 6) is 1.51. The number of aromatic hydroxyl groups is 1. The van der Waals surface area contributed by atoms with E-state index in [0.29, 0.717) is 17.4 Å². The molecule has 0 unspecified atom stereocenters. The standard InChI is InChI=1S/C22H19N5O2/c1-29-20-13-15(11-12-19(20)28)14-23-27-22(24-16-7-3-2-4-8-16)21-25-17-9-5-6-10-18(17)26-21/h2-14,28H,1H3,(H,24,27)(H,25,26)/b23-14+. The Morgan fingerprint density at radius 3 is 2.66 bits per heavy atom. The number of methoxy groups -OCH3 is 1. The highest BCUT2D eigenvalue weighted by molar-refractivity contribution is 6.00. The van der Waals surface area contributed by atoms with Gasteiger partial charge in [-0.05, 0) is 48.0 Å². The summed E-state index contributed by atoms with van der Waals surface area (Å²) in [6.07, 6.45) is 1.62. The van der Waals surface area contributed by atoms with E-state index in [4.69, 9.17) is 4.74 Å². The lowest BCUT2D eigenvalue weighted by Crippen LogP contribution is -2.20. The fourth-order valence-corrected chi connectivity index (χ4v) is 2.77. The van der Waals surface area contributed by atoms with Gasteiger partial charge in [0.1, 0.15) is 0 Å². The summed E-state index contributed by atoms with van der Waals surface area (Å²) in [6.45, 7) is 0. The second kappa shape index (κ2) is 8.26. The van der Waals surface area contributed by atoms with Crippen molar-refractivity contribution in [3.63, 3.8) is 0 Å². The maximum atomic E-state index is 9.71. The molecule has 1 heterocycles. The number of hydrogen-bond acceptors (Lipinski definition) is 5. The molecular weight excluding hydrogens is 366 g/mol. The summed E-state index contributed by atoms with van der Waals surface area (Å²) in [5.41, 5.74) is 6.26. The first kappa shape index (κ1) is 18.2. The summed E-state index contributed by atoms with van der Waals surface area (Å²) in [6, 6.07) is 22.3. The van der Waals surface area contributed by atoms with Crippen LogP contribution in [0.1, 0.15) is 11.4 Å². The first-order valence-corrected chi connectivity index (χ1v) is 8.98. The van der Waals surface area contributed by atoms with Gasteiger partial charge in [0.05, 0.1) is 30.0 Å². The van der Waals surface area contributed by atoms with Crippen molar-refractivity contribution in [1.82, 2.24) is 15.4 Å². The lowest BCUT2D eigenvalue weighted by molar-refractivity contribution is 0.373. The number of benzene rings is 3. The van der Waals surface area contributed by atoms with Gasteiger partial charge in [0.25, 0.3) is 0 Å². The van der Waals surface area contributed by atoms with Crippen molar-refractivity contribution in [2.24, 2.45) is 10.1 Å². The van der Waals surface area contributed by atoms with Crippen LogP contribution >= 0.6 is 0 Å². The number of phenols is 1. The van der Waals surface area contributed by atoms with Crippen LogP contribution in [0, 0.1) is 0 Å². The van der Waals surface area contributed by atoms with Gasteiger partial charge in [0.2, 0.25) is 0 Å². The third-order valence-corrected chi connectivity index (χ3v) is 4.20. The summed E-state index contributed by atoms with van der Waals surface area (Å²) >= 11 is 0. The number of hydrazone groups is 1. The minimum absolute atomic E-state index is 0.0752. The number of amidine groups is 1. The Labute approximate surface area is 167 Å². The average Bonchev–Trinajstić information content (AvgIpc) is 3.19. The van der Waals surface area contributed by atoms with E-state index in [-0.39, 0.29) is 5.75 Å². The predicted octanol–water partition coefficient (Wildman–Crippen LogP) is 3.98. The van der Waals surface area contributed by atoms with Crippen molar-refractivity contribution in [1.29, 1.82) is 0 Å². The number of imidazole rings is 1. The number of aromatic amines is 1. The van der Waals surface area contributed by atoms with Gasteiger partial charge in [-0.1, -0.05) is 30.3 Å². The molecule has 0 aliphatic heterocycles. The molecule has 0 atom stereocenters. The van der Waals surface area contributed by atoms with Gasteiger partial charge in [0.15, 0.2) is 23.2 Å². The molecule has 144 valence electrons. The number of nitrogens with zero attached hydrogens (tertiary/aromatic N) is 3. The third-order valence-electron chi connectivity index (χ3n) is 4.20. The SMILES string of the molecule is COc1cc(/C=N/NC(=Nc2ccccc2)c2nc3ccccc3[nH]2)ccc1O. The van der Waals surface area contributed by atoms with E-state index in [9.17, 15) is 5.11 Å². The Morgan fingerprint density at radius 2 is 1.86 bits per heavy atom. The second-order valence-electron chi connectivity index (χ2n) is 6.20. The zero-order chi connectivity index (χ0) is 20.1. The molecule has 0 aliphatic rings. The average molecular weight is 385 g/mol. The van der Waals surface area contributed by atoms with Crippen molar-refractivity contribution >= 4 is 28.8 Å².